The highest BCUT2D eigenvalue weighted by Crippen LogP contribution is 2.36. The number of nitrogens with zero attached hydrogens (tertiary/aromatic N) is 1. The van der Waals surface area contributed by atoms with Gasteiger partial charge in [0.1, 0.15) is 0 Å². The van der Waals surface area contributed by atoms with Gasteiger partial charge in [-0.05, 0) is 31.6 Å². The fourth-order valence-electron chi connectivity index (χ4n) is 2.24. The van der Waals surface area contributed by atoms with Crippen molar-refractivity contribution in [3.8, 4) is 0 Å². The van der Waals surface area contributed by atoms with Crippen LogP contribution in [0.2, 0.25) is 0 Å². The van der Waals surface area contributed by atoms with Gasteiger partial charge in [0.05, 0.1) is 12.7 Å². The van der Waals surface area contributed by atoms with Gasteiger partial charge in [0, 0.05) is 6.04 Å². The van der Waals surface area contributed by atoms with Crippen LogP contribution in [0, 0.1) is 11.8 Å². The monoisotopic (exact) mass is 196 g/mol. The van der Waals surface area contributed by atoms with E-state index in [9.17, 15) is 4.79 Å². The predicted octanol–water partition coefficient (Wildman–Crippen LogP) is 1.20. The van der Waals surface area contributed by atoms with Gasteiger partial charge in [-0.1, -0.05) is 13.8 Å². The maximum absolute atomic E-state index is 12.0. The number of carbonyl (C=O) groups excluding carboxylic acids is 1. The summed E-state index contributed by atoms with van der Waals surface area (Å²) in [5.41, 5.74) is 0. The molecular formula is C11H20N2O. The maximum Gasteiger partial charge on any atom is 0.241 e. The van der Waals surface area contributed by atoms with Gasteiger partial charge in [-0.3, -0.25) is 10.1 Å². The van der Waals surface area contributed by atoms with Crippen LogP contribution in [0.25, 0.3) is 0 Å². The summed E-state index contributed by atoms with van der Waals surface area (Å²) in [5.74, 6) is 1.48. The Morgan fingerprint density at radius 3 is 2.43 bits per heavy atom. The normalized spacial score (nSPS) is 30.1. The first kappa shape index (κ1) is 9.97. The molecule has 0 aromatic heterocycles. The molecule has 2 aliphatic rings. The highest BCUT2D eigenvalue weighted by atomic mass is 16.2. The van der Waals surface area contributed by atoms with Crippen molar-refractivity contribution in [2.75, 3.05) is 6.67 Å². The van der Waals surface area contributed by atoms with Gasteiger partial charge in [0.15, 0.2) is 0 Å². The molecule has 80 valence electrons. The standard InChI is InChI=1S/C11H20N2O/c1-7(2)10-11(14)13(6-12-10)8(3)9-4-5-9/h7-10,12H,4-6H2,1-3H3. The average molecular weight is 196 g/mol. The van der Waals surface area contributed by atoms with Crippen molar-refractivity contribution >= 4 is 5.91 Å². The van der Waals surface area contributed by atoms with Gasteiger partial charge in [-0.15, -0.1) is 0 Å². The highest BCUT2D eigenvalue weighted by molar-refractivity contribution is 5.84. The molecule has 1 saturated heterocycles. The second-order valence-corrected chi connectivity index (χ2v) is 4.97. The Bertz CT molecular complexity index is 235. The second-order valence-electron chi connectivity index (χ2n) is 4.97. The lowest BCUT2D eigenvalue weighted by molar-refractivity contribution is -0.131. The first-order valence-electron chi connectivity index (χ1n) is 5.65. The van der Waals surface area contributed by atoms with Crippen LogP contribution < -0.4 is 5.32 Å². The first-order valence-corrected chi connectivity index (χ1v) is 5.65. The average Bonchev–Trinajstić information content (AvgIpc) is 2.88. The number of rotatable bonds is 3. The third-order valence-corrected chi connectivity index (χ3v) is 3.49. The summed E-state index contributed by atoms with van der Waals surface area (Å²) in [7, 11) is 0. The molecular weight excluding hydrogens is 176 g/mol. The minimum atomic E-state index is 0.0520. The number of hydrogen-bond acceptors (Lipinski definition) is 2. The number of amides is 1. The summed E-state index contributed by atoms with van der Waals surface area (Å²) in [6.07, 6.45) is 2.61. The molecule has 2 unspecified atom stereocenters. The van der Waals surface area contributed by atoms with Crippen molar-refractivity contribution < 1.29 is 4.79 Å². The van der Waals surface area contributed by atoms with E-state index in [1.165, 1.54) is 12.8 Å². The van der Waals surface area contributed by atoms with Crippen LogP contribution in [0.4, 0.5) is 0 Å². The van der Waals surface area contributed by atoms with E-state index in [0.717, 1.165) is 12.6 Å². The lowest BCUT2D eigenvalue weighted by Gasteiger charge is -2.24. The summed E-state index contributed by atoms with van der Waals surface area (Å²) in [6.45, 7) is 7.13. The van der Waals surface area contributed by atoms with Gasteiger partial charge in [0.25, 0.3) is 0 Å². The molecule has 14 heavy (non-hydrogen) atoms. The van der Waals surface area contributed by atoms with Crippen molar-refractivity contribution in [3.05, 3.63) is 0 Å². The van der Waals surface area contributed by atoms with E-state index in [0.29, 0.717) is 17.9 Å². The van der Waals surface area contributed by atoms with Gasteiger partial charge in [-0.25, -0.2) is 0 Å². The number of nitrogens with one attached hydrogen (secondary N) is 1. The van der Waals surface area contributed by atoms with Gasteiger partial charge in [-0.2, -0.15) is 0 Å². The third kappa shape index (κ3) is 1.65. The molecule has 0 aromatic rings. The van der Waals surface area contributed by atoms with Crippen molar-refractivity contribution in [1.82, 2.24) is 10.2 Å². The van der Waals surface area contributed by atoms with Gasteiger partial charge < -0.3 is 4.90 Å². The fraction of sp³-hybridized carbons (Fsp3) is 0.909. The molecule has 1 aliphatic heterocycles. The van der Waals surface area contributed by atoms with Crippen LogP contribution in [0.5, 0.6) is 0 Å². The Kier molecular flexibility index (Phi) is 2.52. The first-order chi connectivity index (χ1) is 6.61. The summed E-state index contributed by atoms with van der Waals surface area (Å²) in [6, 6.07) is 0.495. The Morgan fingerprint density at radius 2 is 2.00 bits per heavy atom. The second kappa shape index (κ2) is 3.54. The molecule has 1 heterocycles. The molecule has 2 fully saturated rings. The smallest absolute Gasteiger partial charge is 0.241 e. The maximum atomic E-state index is 12.0. The van der Waals surface area contributed by atoms with E-state index >= 15 is 0 Å². The molecule has 1 amide bonds. The van der Waals surface area contributed by atoms with Crippen molar-refractivity contribution in [2.45, 2.75) is 45.7 Å². The fourth-order valence-corrected chi connectivity index (χ4v) is 2.24. The molecule has 2 atom stereocenters. The molecule has 0 aromatic carbocycles. The molecule has 0 bridgehead atoms. The zero-order valence-corrected chi connectivity index (χ0v) is 9.29. The van der Waals surface area contributed by atoms with Crippen LogP contribution in [0.3, 0.4) is 0 Å². The Hall–Kier alpha value is -0.570. The van der Waals surface area contributed by atoms with E-state index in [-0.39, 0.29) is 6.04 Å². The van der Waals surface area contributed by atoms with Gasteiger partial charge in [0.2, 0.25) is 5.91 Å². The summed E-state index contributed by atoms with van der Waals surface area (Å²) in [4.78, 5) is 14.0. The minimum absolute atomic E-state index is 0.0520. The molecule has 2 rings (SSSR count). The van der Waals surface area contributed by atoms with E-state index < -0.39 is 0 Å². The van der Waals surface area contributed by atoms with Crippen LogP contribution in [0.1, 0.15) is 33.6 Å². The van der Waals surface area contributed by atoms with E-state index in [2.05, 4.69) is 26.1 Å². The third-order valence-electron chi connectivity index (χ3n) is 3.49. The molecule has 1 aliphatic carbocycles. The van der Waals surface area contributed by atoms with Crippen LogP contribution in [-0.2, 0) is 4.79 Å². The molecule has 0 radical (unpaired) electrons. The van der Waals surface area contributed by atoms with Crippen LogP contribution in [-0.4, -0.2) is 29.6 Å². The van der Waals surface area contributed by atoms with Crippen LogP contribution in [0.15, 0.2) is 0 Å². The lowest BCUT2D eigenvalue weighted by atomic mass is 10.0. The zero-order valence-electron chi connectivity index (χ0n) is 9.29. The highest BCUT2D eigenvalue weighted by Gasteiger charge is 2.40. The molecule has 1 N–H and O–H groups in total. The number of hydrogen-bond donors (Lipinski definition) is 1. The SMILES string of the molecule is CC(C)C1NCN(C(C)C2CC2)C1=O. The topological polar surface area (TPSA) is 32.3 Å². The van der Waals surface area contributed by atoms with E-state index in [4.69, 9.17) is 0 Å². The van der Waals surface area contributed by atoms with Crippen LogP contribution >= 0.6 is 0 Å². The molecule has 3 heteroatoms. The van der Waals surface area contributed by atoms with Gasteiger partial charge >= 0.3 is 0 Å². The Balaban J connectivity index is 1.98. The molecule has 1 saturated carbocycles. The van der Waals surface area contributed by atoms with Crippen molar-refractivity contribution in [1.29, 1.82) is 0 Å². The quantitative estimate of drug-likeness (QED) is 0.735. The summed E-state index contributed by atoms with van der Waals surface area (Å²) >= 11 is 0. The van der Waals surface area contributed by atoms with Crippen molar-refractivity contribution in [2.24, 2.45) is 11.8 Å². The predicted molar refractivity (Wildman–Crippen MR) is 55.7 cm³/mol. The summed E-state index contributed by atoms with van der Waals surface area (Å²) < 4.78 is 0. The Morgan fingerprint density at radius 1 is 1.36 bits per heavy atom. The molecule has 3 nitrogen and oxygen atoms in total. The largest absolute Gasteiger partial charge is 0.326 e. The number of carbonyl (C=O) groups is 1. The Labute approximate surface area is 85.8 Å². The summed E-state index contributed by atoms with van der Waals surface area (Å²) in [5, 5.41) is 3.30. The van der Waals surface area contributed by atoms with Crippen molar-refractivity contribution in [3.63, 3.8) is 0 Å². The lowest BCUT2D eigenvalue weighted by Crippen LogP contribution is -2.39. The zero-order chi connectivity index (χ0) is 10.3. The molecule has 0 spiro atoms. The van der Waals surface area contributed by atoms with E-state index in [1.54, 1.807) is 0 Å². The minimum Gasteiger partial charge on any atom is -0.326 e. The van der Waals surface area contributed by atoms with E-state index in [1.807, 2.05) is 4.90 Å².